The first-order chi connectivity index (χ1) is 18.4. The molecule has 1 fully saturated rings. The van der Waals surface area contributed by atoms with Crippen LogP contribution in [0.1, 0.15) is 57.4 Å². The third-order valence-corrected chi connectivity index (χ3v) is 7.39. The molecule has 1 aliphatic rings. The van der Waals surface area contributed by atoms with Gasteiger partial charge in [-0.15, -0.1) is 0 Å². The molecule has 1 saturated carbocycles. The number of hydrogen-bond acceptors (Lipinski definition) is 4. The van der Waals surface area contributed by atoms with Crippen molar-refractivity contribution in [2.24, 2.45) is 5.92 Å². The molecule has 0 radical (unpaired) electrons. The van der Waals surface area contributed by atoms with Crippen molar-refractivity contribution in [2.75, 3.05) is 31.6 Å². The lowest BCUT2D eigenvalue weighted by Crippen LogP contribution is -2.38. The zero-order valence-corrected chi connectivity index (χ0v) is 23.5. The number of carboxylic acids is 1. The Balaban J connectivity index is 1.55. The van der Waals surface area contributed by atoms with Gasteiger partial charge in [0.2, 0.25) is 0 Å². The van der Waals surface area contributed by atoms with Gasteiger partial charge < -0.3 is 24.8 Å². The third-order valence-electron chi connectivity index (χ3n) is 6.84. The highest BCUT2D eigenvalue weighted by Crippen LogP contribution is 2.28. The highest BCUT2D eigenvalue weighted by molar-refractivity contribution is 6.36. The molecule has 7 nitrogen and oxygen atoms in total. The summed E-state index contributed by atoms with van der Waals surface area (Å²) in [5, 5.41) is 13.1. The van der Waals surface area contributed by atoms with E-state index < -0.39 is 12.1 Å². The van der Waals surface area contributed by atoms with Crippen LogP contribution in [0.15, 0.2) is 42.5 Å². The molecule has 9 heteroatoms. The minimum atomic E-state index is -0.978. The molecule has 0 aromatic heterocycles. The number of halogens is 2. The number of nitrogens with one attached hydrogen (secondary N) is 1. The van der Waals surface area contributed by atoms with Crippen LogP contribution in [0.2, 0.25) is 10.0 Å². The average molecular weight is 566 g/mol. The van der Waals surface area contributed by atoms with Crippen molar-refractivity contribution >= 4 is 40.9 Å². The summed E-state index contributed by atoms with van der Waals surface area (Å²) in [5.74, 6) is 0.423. The Bertz CT molecular complexity index is 1030. The van der Waals surface area contributed by atoms with Crippen molar-refractivity contribution < 1.29 is 24.2 Å². The summed E-state index contributed by atoms with van der Waals surface area (Å²) >= 11 is 12.3. The summed E-state index contributed by atoms with van der Waals surface area (Å²) in [6.45, 7) is 3.48. The molecule has 208 valence electrons. The number of nitrogens with zero attached hydrogens (tertiary/aromatic N) is 1. The van der Waals surface area contributed by atoms with Crippen LogP contribution in [0.25, 0.3) is 0 Å². The molecular formula is C29H38Cl2N2O5. The quantitative estimate of drug-likeness (QED) is 0.251. The number of benzene rings is 2. The molecule has 2 N–H and O–H groups in total. The van der Waals surface area contributed by atoms with Crippen LogP contribution in [-0.2, 0) is 16.0 Å². The summed E-state index contributed by atoms with van der Waals surface area (Å²) in [5.41, 5.74) is 1.36. The summed E-state index contributed by atoms with van der Waals surface area (Å²) < 4.78 is 11.2. The second-order valence-electron chi connectivity index (χ2n) is 9.67. The van der Waals surface area contributed by atoms with Gasteiger partial charge in [0.05, 0.1) is 17.3 Å². The van der Waals surface area contributed by atoms with E-state index in [2.05, 4.69) is 5.32 Å². The van der Waals surface area contributed by atoms with Crippen LogP contribution < -0.4 is 10.1 Å². The van der Waals surface area contributed by atoms with Gasteiger partial charge in [-0.05, 0) is 61.6 Å². The zero-order valence-electron chi connectivity index (χ0n) is 22.0. The SMILES string of the molecule is CCOC(Cc1ccc(OCCN(CCCC2CCCCC2)C(=O)Nc2ccc(Cl)cc2Cl)cc1)C(=O)O. The number of urea groups is 1. The van der Waals surface area contributed by atoms with E-state index in [1.54, 1.807) is 42.2 Å². The zero-order chi connectivity index (χ0) is 27.3. The Morgan fingerprint density at radius 1 is 1.08 bits per heavy atom. The number of carbonyl (C=O) groups excluding carboxylic acids is 1. The van der Waals surface area contributed by atoms with E-state index in [-0.39, 0.29) is 12.5 Å². The molecule has 0 bridgehead atoms. The van der Waals surface area contributed by atoms with E-state index in [9.17, 15) is 14.7 Å². The first-order valence-electron chi connectivity index (χ1n) is 13.4. The molecule has 3 rings (SSSR count). The molecule has 0 saturated heterocycles. The van der Waals surface area contributed by atoms with E-state index in [4.69, 9.17) is 32.7 Å². The van der Waals surface area contributed by atoms with Crippen molar-refractivity contribution in [1.82, 2.24) is 4.90 Å². The van der Waals surface area contributed by atoms with Crippen molar-refractivity contribution in [1.29, 1.82) is 0 Å². The van der Waals surface area contributed by atoms with Gasteiger partial charge in [-0.3, -0.25) is 0 Å². The normalized spacial score (nSPS) is 14.6. The number of anilines is 1. The van der Waals surface area contributed by atoms with E-state index in [0.29, 0.717) is 47.8 Å². The molecule has 2 aromatic carbocycles. The molecule has 0 spiro atoms. The van der Waals surface area contributed by atoms with Crippen LogP contribution >= 0.6 is 23.2 Å². The lowest BCUT2D eigenvalue weighted by Gasteiger charge is -2.26. The number of amides is 2. The number of rotatable bonds is 14. The Hall–Kier alpha value is -2.48. The first-order valence-corrected chi connectivity index (χ1v) is 14.2. The van der Waals surface area contributed by atoms with Crippen LogP contribution in [0.5, 0.6) is 5.75 Å². The Kier molecular flexibility index (Phi) is 12.5. The summed E-state index contributed by atoms with van der Waals surface area (Å²) in [6.07, 6.45) is 7.97. The lowest BCUT2D eigenvalue weighted by atomic mass is 9.86. The predicted octanol–water partition coefficient (Wildman–Crippen LogP) is 7.30. The highest BCUT2D eigenvalue weighted by atomic mass is 35.5. The average Bonchev–Trinajstić information content (AvgIpc) is 2.90. The number of ether oxygens (including phenoxy) is 2. The van der Waals surface area contributed by atoms with E-state index in [1.807, 2.05) is 12.1 Å². The maximum Gasteiger partial charge on any atom is 0.333 e. The van der Waals surface area contributed by atoms with Gasteiger partial charge in [-0.1, -0.05) is 67.4 Å². The summed E-state index contributed by atoms with van der Waals surface area (Å²) in [7, 11) is 0. The van der Waals surface area contributed by atoms with Crippen LogP contribution in [0, 0.1) is 5.92 Å². The second-order valence-corrected chi connectivity index (χ2v) is 10.5. The molecule has 2 aromatic rings. The number of aliphatic carboxylic acids is 1. The highest BCUT2D eigenvalue weighted by Gasteiger charge is 2.19. The first kappa shape index (κ1) is 30.1. The number of carbonyl (C=O) groups is 2. The van der Waals surface area contributed by atoms with Crippen LogP contribution in [0.4, 0.5) is 10.5 Å². The maximum atomic E-state index is 13.1. The minimum absolute atomic E-state index is 0.229. The number of hydrogen-bond donors (Lipinski definition) is 2. The Morgan fingerprint density at radius 3 is 2.47 bits per heavy atom. The Labute approximate surface area is 235 Å². The fraction of sp³-hybridized carbons (Fsp3) is 0.517. The monoisotopic (exact) mass is 564 g/mol. The van der Waals surface area contributed by atoms with Gasteiger partial charge in [0.25, 0.3) is 0 Å². The minimum Gasteiger partial charge on any atom is -0.492 e. The van der Waals surface area contributed by atoms with Crippen LogP contribution in [-0.4, -0.2) is 54.4 Å². The van der Waals surface area contributed by atoms with E-state index in [0.717, 1.165) is 24.3 Å². The van der Waals surface area contributed by atoms with Crippen LogP contribution in [0.3, 0.4) is 0 Å². The van der Waals surface area contributed by atoms with Crippen molar-refractivity contribution in [3.05, 3.63) is 58.1 Å². The topological polar surface area (TPSA) is 88.1 Å². The summed E-state index contributed by atoms with van der Waals surface area (Å²) in [6, 6.07) is 12.0. The third kappa shape index (κ3) is 10.0. The van der Waals surface area contributed by atoms with Crippen molar-refractivity contribution in [2.45, 2.75) is 64.4 Å². The molecule has 38 heavy (non-hydrogen) atoms. The predicted molar refractivity (Wildman–Crippen MR) is 152 cm³/mol. The second kappa shape index (κ2) is 15.8. The largest absolute Gasteiger partial charge is 0.492 e. The standard InChI is InChI=1S/C29H38Cl2N2O5/c1-2-37-27(28(34)35)19-22-10-13-24(14-11-22)38-18-17-33(16-6-9-21-7-4-3-5-8-21)29(36)32-26-15-12-23(30)20-25(26)31/h10-15,20-21,27H,2-9,16-19H2,1H3,(H,32,36)(H,34,35). The molecule has 2 amide bonds. The van der Waals surface area contributed by atoms with E-state index >= 15 is 0 Å². The van der Waals surface area contributed by atoms with E-state index in [1.165, 1.54) is 32.1 Å². The molecular weight excluding hydrogens is 527 g/mol. The van der Waals surface area contributed by atoms with Gasteiger partial charge in [0, 0.05) is 24.6 Å². The van der Waals surface area contributed by atoms with Gasteiger partial charge in [-0.2, -0.15) is 0 Å². The van der Waals surface area contributed by atoms with Gasteiger partial charge in [0.1, 0.15) is 12.4 Å². The van der Waals surface area contributed by atoms with Gasteiger partial charge in [-0.25, -0.2) is 9.59 Å². The number of carboxylic acid groups (broad SMARTS) is 1. The van der Waals surface area contributed by atoms with Crippen molar-refractivity contribution in [3.63, 3.8) is 0 Å². The molecule has 1 unspecified atom stereocenters. The molecule has 0 heterocycles. The van der Waals surface area contributed by atoms with Gasteiger partial charge >= 0.3 is 12.0 Å². The molecule has 0 aliphatic heterocycles. The molecule has 1 atom stereocenters. The molecule has 1 aliphatic carbocycles. The fourth-order valence-electron chi connectivity index (χ4n) is 4.77. The smallest absolute Gasteiger partial charge is 0.333 e. The van der Waals surface area contributed by atoms with Gasteiger partial charge in [0.15, 0.2) is 6.10 Å². The summed E-state index contributed by atoms with van der Waals surface area (Å²) in [4.78, 5) is 26.2. The maximum absolute atomic E-state index is 13.1. The Morgan fingerprint density at radius 2 is 1.82 bits per heavy atom. The lowest BCUT2D eigenvalue weighted by molar-refractivity contribution is -0.149. The fourth-order valence-corrected chi connectivity index (χ4v) is 5.23. The van der Waals surface area contributed by atoms with Crippen molar-refractivity contribution in [3.8, 4) is 5.75 Å².